The highest BCUT2D eigenvalue weighted by molar-refractivity contribution is 5.97. The summed E-state index contributed by atoms with van der Waals surface area (Å²) in [6.07, 6.45) is -1.26. The van der Waals surface area contributed by atoms with Gasteiger partial charge in [0.05, 0.1) is 18.8 Å². The van der Waals surface area contributed by atoms with Crippen molar-refractivity contribution in [1.29, 1.82) is 0 Å². The third kappa shape index (κ3) is 3.55. The first kappa shape index (κ1) is 17.1. The predicted octanol–water partition coefficient (Wildman–Crippen LogP) is 1.59. The maximum absolute atomic E-state index is 13.7. The number of hydrogen-bond acceptors (Lipinski definition) is 3. The lowest BCUT2D eigenvalue weighted by Crippen LogP contribution is -2.43. The van der Waals surface area contributed by atoms with E-state index in [1.165, 1.54) is 4.90 Å². The number of alkyl halides is 1. The van der Waals surface area contributed by atoms with Gasteiger partial charge in [0.25, 0.3) is 5.91 Å². The number of hydrogen-bond donors (Lipinski definition) is 1. The van der Waals surface area contributed by atoms with E-state index in [-0.39, 0.29) is 18.9 Å². The number of likely N-dealkylation sites (tertiary alicyclic amines) is 1. The van der Waals surface area contributed by atoms with Crippen LogP contribution in [0.1, 0.15) is 33.7 Å². The Morgan fingerprint density at radius 3 is 2.72 bits per heavy atom. The summed E-state index contributed by atoms with van der Waals surface area (Å²) in [4.78, 5) is 25.4. The Morgan fingerprint density at radius 2 is 2.08 bits per heavy atom. The van der Waals surface area contributed by atoms with Crippen LogP contribution in [0.4, 0.5) is 4.39 Å². The molecule has 1 aromatic carbocycles. The Labute approximate surface area is 145 Å². The van der Waals surface area contributed by atoms with Crippen LogP contribution in [0.5, 0.6) is 0 Å². The standard InChI is InChI=1S/C18H21FN4O2/c1-11-6-12(2)23(21-11)9-13-4-3-5-14(7-13)18(25)22-10-15(19)8-16(22)17(20)24/h3-7,15-16H,8-10H2,1-2H3,(H2,20,24)/t15-,16+/m1/s1. The molecule has 1 aromatic heterocycles. The third-order valence-corrected chi connectivity index (χ3v) is 4.45. The van der Waals surface area contributed by atoms with Gasteiger partial charge in [-0.05, 0) is 37.6 Å². The quantitative estimate of drug-likeness (QED) is 0.914. The zero-order chi connectivity index (χ0) is 18.1. The molecule has 25 heavy (non-hydrogen) atoms. The molecular formula is C18H21FN4O2. The maximum atomic E-state index is 13.7. The molecule has 1 aliphatic rings. The number of aromatic nitrogens is 2. The molecule has 0 unspecified atom stereocenters. The maximum Gasteiger partial charge on any atom is 0.254 e. The molecule has 6 nitrogen and oxygen atoms in total. The fourth-order valence-electron chi connectivity index (χ4n) is 3.26. The average Bonchev–Trinajstić information content (AvgIpc) is 3.09. The molecule has 1 aliphatic heterocycles. The molecule has 2 atom stereocenters. The second kappa shape index (κ2) is 6.66. The van der Waals surface area contributed by atoms with Gasteiger partial charge in [0.2, 0.25) is 5.91 Å². The second-order valence-electron chi connectivity index (χ2n) is 6.49. The Morgan fingerprint density at radius 1 is 1.32 bits per heavy atom. The highest BCUT2D eigenvalue weighted by Gasteiger charge is 2.39. The predicted molar refractivity (Wildman–Crippen MR) is 90.8 cm³/mol. The van der Waals surface area contributed by atoms with E-state index in [4.69, 9.17) is 5.73 Å². The number of halogens is 1. The zero-order valence-corrected chi connectivity index (χ0v) is 14.3. The van der Waals surface area contributed by atoms with Crippen molar-refractivity contribution in [3.63, 3.8) is 0 Å². The molecule has 2 aromatic rings. The molecule has 0 saturated carbocycles. The summed E-state index contributed by atoms with van der Waals surface area (Å²) in [6, 6.07) is 8.19. The molecule has 2 amide bonds. The Kier molecular flexibility index (Phi) is 4.57. The van der Waals surface area contributed by atoms with Crippen molar-refractivity contribution in [2.75, 3.05) is 6.54 Å². The van der Waals surface area contributed by atoms with Gasteiger partial charge in [0, 0.05) is 17.7 Å². The summed E-state index contributed by atoms with van der Waals surface area (Å²) in [5.74, 6) is -1.05. The number of carbonyl (C=O) groups excluding carboxylic acids is 2. The van der Waals surface area contributed by atoms with Gasteiger partial charge in [-0.25, -0.2) is 4.39 Å². The molecule has 0 aliphatic carbocycles. The monoisotopic (exact) mass is 344 g/mol. The first-order valence-electron chi connectivity index (χ1n) is 8.19. The van der Waals surface area contributed by atoms with Crippen LogP contribution in [-0.4, -0.2) is 45.3 Å². The molecule has 0 bridgehead atoms. The first-order valence-corrected chi connectivity index (χ1v) is 8.19. The van der Waals surface area contributed by atoms with Crippen molar-refractivity contribution in [2.45, 2.75) is 39.0 Å². The fourth-order valence-corrected chi connectivity index (χ4v) is 3.26. The smallest absolute Gasteiger partial charge is 0.254 e. The van der Waals surface area contributed by atoms with E-state index < -0.39 is 18.1 Å². The van der Waals surface area contributed by atoms with Gasteiger partial charge in [0.1, 0.15) is 12.2 Å². The molecule has 1 saturated heterocycles. The van der Waals surface area contributed by atoms with Crippen LogP contribution in [0, 0.1) is 13.8 Å². The van der Waals surface area contributed by atoms with Crippen molar-refractivity contribution in [2.24, 2.45) is 5.73 Å². The van der Waals surface area contributed by atoms with E-state index in [1.54, 1.807) is 18.2 Å². The van der Waals surface area contributed by atoms with Gasteiger partial charge in [-0.2, -0.15) is 5.10 Å². The minimum absolute atomic E-state index is 0.0352. The van der Waals surface area contributed by atoms with Crippen LogP contribution in [-0.2, 0) is 11.3 Å². The third-order valence-electron chi connectivity index (χ3n) is 4.45. The number of carbonyl (C=O) groups is 2. The summed E-state index contributed by atoms with van der Waals surface area (Å²) in [6.45, 7) is 4.33. The number of benzene rings is 1. The summed E-state index contributed by atoms with van der Waals surface area (Å²) in [7, 11) is 0. The van der Waals surface area contributed by atoms with Crippen molar-refractivity contribution in [1.82, 2.24) is 14.7 Å². The van der Waals surface area contributed by atoms with Crippen LogP contribution in [0.2, 0.25) is 0 Å². The van der Waals surface area contributed by atoms with E-state index in [0.29, 0.717) is 12.1 Å². The van der Waals surface area contributed by atoms with E-state index in [0.717, 1.165) is 17.0 Å². The van der Waals surface area contributed by atoms with Crippen molar-refractivity contribution in [3.8, 4) is 0 Å². The molecule has 132 valence electrons. The lowest BCUT2D eigenvalue weighted by atomic mass is 10.1. The van der Waals surface area contributed by atoms with Crippen LogP contribution in [0.3, 0.4) is 0 Å². The van der Waals surface area contributed by atoms with Crippen LogP contribution in [0.15, 0.2) is 30.3 Å². The van der Waals surface area contributed by atoms with E-state index >= 15 is 0 Å². The van der Waals surface area contributed by atoms with Crippen molar-refractivity contribution < 1.29 is 14.0 Å². The lowest BCUT2D eigenvalue weighted by molar-refractivity contribution is -0.121. The summed E-state index contributed by atoms with van der Waals surface area (Å²) < 4.78 is 15.5. The average molecular weight is 344 g/mol. The van der Waals surface area contributed by atoms with Crippen molar-refractivity contribution >= 4 is 11.8 Å². The van der Waals surface area contributed by atoms with Crippen LogP contribution >= 0.6 is 0 Å². The molecule has 1 fully saturated rings. The van der Waals surface area contributed by atoms with Gasteiger partial charge in [-0.3, -0.25) is 14.3 Å². The van der Waals surface area contributed by atoms with E-state index in [1.807, 2.05) is 30.7 Å². The number of primary amides is 1. The first-order chi connectivity index (χ1) is 11.8. The number of rotatable bonds is 4. The summed E-state index contributed by atoms with van der Waals surface area (Å²) in [5.41, 5.74) is 8.59. The highest BCUT2D eigenvalue weighted by Crippen LogP contribution is 2.23. The normalized spacial score (nSPS) is 20.0. The van der Waals surface area contributed by atoms with Gasteiger partial charge >= 0.3 is 0 Å². The van der Waals surface area contributed by atoms with Gasteiger partial charge in [-0.15, -0.1) is 0 Å². The molecular weight excluding hydrogens is 323 g/mol. The number of amides is 2. The molecule has 2 N–H and O–H groups in total. The summed E-state index contributed by atoms with van der Waals surface area (Å²) in [5, 5.41) is 4.41. The topological polar surface area (TPSA) is 81.2 Å². The largest absolute Gasteiger partial charge is 0.368 e. The molecule has 0 spiro atoms. The molecule has 2 heterocycles. The van der Waals surface area contributed by atoms with E-state index in [2.05, 4.69) is 5.10 Å². The van der Waals surface area contributed by atoms with Gasteiger partial charge in [-0.1, -0.05) is 12.1 Å². The zero-order valence-electron chi connectivity index (χ0n) is 14.3. The SMILES string of the molecule is Cc1cc(C)n(Cc2cccc(C(=O)N3C[C@H](F)C[C@H]3C(N)=O)c2)n1. The lowest BCUT2D eigenvalue weighted by Gasteiger charge is -2.22. The summed E-state index contributed by atoms with van der Waals surface area (Å²) >= 11 is 0. The molecule has 7 heteroatoms. The van der Waals surface area contributed by atoms with Crippen LogP contribution < -0.4 is 5.73 Å². The second-order valence-corrected chi connectivity index (χ2v) is 6.49. The number of aryl methyl sites for hydroxylation is 2. The van der Waals surface area contributed by atoms with E-state index in [9.17, 15) is 14.0 Å². The number of nitrogens with two attached hydrogens (primary N) is 1. The van der Waals surface area contributed by atoms with Crippen molar-refractivity contribution in [3.05, 3.63) is 52.8 Å². The Hall–Kier alpha value is -2.70. The molecule has 3 rings (SSSR count). The highest BCUT2D eigenvalue weighted by atomic mass is 19.1. The number of nitrogens with zero attached hydrogens (tertiary/aromatic N) is 3. The van der Waals surface area contributed by atoms with Crippen LogP contribution in [0.25, 0.3) is 0 Å². The fraction of sp³-hybridized carbons (Fsp3) is 0.389. The minimum atomic E-state index is -1.22. The van der Waals surface area contributed by atoms with Gasteiger partial charge < -0.3 is 10.6 Å². The van der Waals surface area contributed by atoms with Gasteiger partial charge in [0.15, 0.2) is 0 Å². The Bertz CT molecular complexity index is 817. The molecule has 0 radical (unpaired) electrons. The Balaban J connectivity index is 1.82. The minimum Gasteiger partial charge on any atom is -0.368 e.